The van der Waals surface area contributed by atoms with Crippen LogP contribution in [-0.2, 0) is 10.0 Å². The molecule has 4 aromatic rings. The maximum atomic E-state index is 12.4. The zero-order valence-corrected chi connectivity index (χ0v) is 20.9. The maximum absolute atomic E-state index is 12.4. The van der Waals surface area contributed by atoms with Gasteiger partial charge in [-0.3, -0.25) is 4.40 Å². The summed E-state index contributed by atoms with van der Waals surface area (Å²) >= 11 is 1.53. The molecule has 0 saturated carbocycles. The number of aromatic hydroxyl groups is 1. The number of sulfonamides is 1. The number of nitrogens with one attached hydrogen (secondary N) is 2. The van der Waals surface area contributed by atoms with Crippen molar-refractivity contribution in [1.29, 1.82) is 0 Å². The van der Waals surface area contributed by atoms with Crippen molar-refractivity contribution in [3.63, 3.8) is 0 Å². The summed E-state index contributed by atoms with van der Waals surface area (Å²) in [5.41, 5.74) is 3.33. The Morgan fingerprint density at radius 1 is 1.11 bits per heavy atom. The molecule has 5 rings (SSSR count). The topological polar surface area (TPSA) is 142 Å². The summed E-state index contributed by atoms with van der Waals surface area (Å²) in [6.45, 7) is 2.35. The first-order chi connectivity index (χ1) is 17.3. The fourth-order valence-electron chi connectivity index (χ4n) is 3.93. The van der Waals surface area contributed by atoms with Crippen LogP contribution in [-0.4, -0.2) is 51.1 Å². The molecule has 0 bridgehead atoms. The first kappa shape index (κ1) is 24.0. The second-order valence-electron chi connectivity index (χ2n) is 8.34. The Balaban J connectivity index is 1.33. The van der Waals surface area contributed by atoms with Gasteiger partial charge in [-0.05, 0) is 48.4 Å². The van der Waals surface area contributed by atoms with Crippen molar-refractivity contribution in [2.24, 2.45) is 5.92 Å². The van der Waals surface area contributed by atoms with Crippen LogP contribution in [0.15, 0.2) is 70.9 Å². The summed E-state index contributed by atoms with van der Waals surface area (Å²) < 4.78 is 29.3. The van der Waals surface area contributed by atoms with Crippen LogP contribution in [0.5, 0.6) is 5.75 Å². The van der Waals surface area contributed by atoms with Crippen molar-refractivity contribution >= 4 is 37.8 Å². The number of aliphatic hydroxyl groups is 1. The molecule has 0 fully saturated rings. The second-order valence-corrected chi connectivity index (χ2v) is 11.0. The summed E-state index contributed by atoms with van der Waals surface area (Å²) in [4.78, 5) is 14.7. The fraction of sp³-hybridized carbons (Fsp3) is 0.208. The highest BCUT2D eigenvalue weighted by Gasteiger charge is 2.23. The van der Waals surface area contributed by atoms with Crippen molar-refractivity contribution < 1.29 is 18.6 Å². The fourth-order valence-corrected chi connectivity index (χ4v) is 5.67. The predicted octanol–water partition coefficient (Wildman–Crippen LogP) is 3.81. The number of thiazole rings is 1. The molecule has 3 heterocycles. The maximum Gasteiger partial charge on any atom is 0.240 e. The molecule has 36 heavy (non-hydrogen) atoms. The minimum atomic E-state index is -3.70. The lowest BCUT2D eigenvalue weighted by Gasteiger charge is -2.17. The van der Waals surface area contributed by atoms with Gasteiger partial charge in [0.25, 0.3) is 0 Å². The highest BCUT2D eigenvalue weighted by Crippen LogP contribution is 2.36. The third-order valence-electron chi connectivity index (χ3n) is 5.80. The van der Waals surface area contributed by atoms with Crippen LogP contribution in [0.25, 0.3) is 21.9 Å². The standard InChI is InChI=1S/C24H24N6O4S2/c1-15-14-16(2-7-20(15)32)21-22(30-12-13-35-24(30)29-21)19-8-9-25-23(28-19)26-10-11-27-36(33,34)18-5-3-17(31)4-6-18/h2-9,12-13,15,27,31-32H,10-11,14H2,1H3,(H,25,26,28)/t15-/m1/s1. The average Bonchev–Trinajstić information content (AvgIpc) is 3.46. The molecule has 1 aromatic carbocycles. The molecule has 0 aliphatic heterocycles. The summed E-state index contributed by atoms with van der Waals surface area (Å²) in [5, 5.41) is 24.4. The zero-order chi connectivity index (χ0) is 25.3. The van der Waals surface area contributed by atoms with Crippen LogP contribution in [0, 0.1) is 5.92 Å². The van der Waals surface area contributed by atoms with Gasteiger partial charge in [-0.2, -0.15) is 0 Å². The van der Waals surface area contributed by atoms with Crippen LogP contribution in [0.3, 0.4) is 0 Å². The normalized spacial score (nSPS) is 16.1. The highest BCUT2D eigenvalue weighted by atomic mass is 32.2. The number of fused-ring (bicyclic) bond motifs is 1. The largest absolute Gasteiger partial charge is 0.512 e. The number of benzene rings is 1. The Morgan fingerprint density at radius 2 is 1.92 bits per heavy atom. The molecule has 1 aliphatic carbocycles. The van der Waals surface area contributed by atoms with Crippen molar-refractivity contribution in [2.75, 3.05) is 18.4 Å². The molecular weight excluding hydrogens is 500 g/mol. The Hall–Kier alpha value is -3.74. The highest BCUT2D eigenvalue weighted by molar-refractivity contribution is 7.89. The van der Waals surface area contributed by atoms with Gasteiger partial charge in [0.05, 0.1) is 27.7 Å². The summed E-state index contributed by atoms with van der Waals surface area (Å²) in [7, 11) is -3.70. The lowest BCUT2D eigenvalue weighted by Crippen LogP contribution is -2.29. The lowest BCUT2D eigenvalue weighted by molar-refractivity contribution is 0.341. The number of aromatic nitrogens is 4. The van der Waals surface area contributed by atoms with E-state index in [0.717, 1.165) is 21.9 Å². The zero-order valence-electron chi connectivity index (χ0n) is 19.3. The van der Waals surface area contributed by atoms with Gasteiger partial charge in [-0.25, -0.2) is 28.1 Å². The number of phenols is 1. The number of hydrogen-bond acceptors (Lipinski definition) is 9. The average molecular weight is 525 g/mol. The van der Waals surface area contributed by atoms with Crippen molar-refractivity contribution in [3.8, 4) is 17.1 Å². The van der Waals surface area contributed by atoms with Gasteiger partial charge in [0, 0.05) is 36.8 Å². The van der Waals surface area contributed by atoms with E-state index in [9.17, 15) is 18.6 Å². The SMILES string of the molecule is C[C@@H]1CC(c2nc3sccn3c2-c2ccnc(NCCNS(=O)(=O)c3ccc(O)cc3)n2)=CC=C1O. The van der Waals surface area contributed by atoms with Gasteiger partial charge in [0.1, 0.15) is 5.75 Å². The number of anilines is 1. The number of aliphatic hydroxyl groups excluding tert-OH is 1. The Bertz CT molecular complexity index is 1570. The molecule has 1 atom stereocenters. The van der Waals surface area contributed by atoms with Gasteiger partial charge in [0.15, 0.2) is 4.96 Å². The predicted molar refractivity (Wildman–Crippen MR) is 138 cm³/mol. The molecule has 0 saturated heterocycles. The lowest BCUT2D eigenvalue weighted by atomic mass is 9.91. The molecule has 4 N–H and O–H groups in total. The number of imidazole rings is 1. The Morgan fingerprint density at radius 3 is 2.69 bits per heavy atom. The van der Waals surface area contributed by atoms with Gasteiger partial charge >= 0.3 is 0 Å². The van der Waals surface area contributed by atoms with Crippen LogP contribution in [0.1, 0.15) is 19.0 Å². The van der Waals surface area contributed by atoms with E-state index in [0.29, 0.717) is 23.8 Å². The molecule has 0 spiro atoms. The van der Waals surface area contributed by atoms with Gasteiger partial charge in [-0.1, -0.05) is 13.0 Å². The van der Waals surface area contributed by atoms with E-state index in [1.54, 1.807) is 12.3 Å². The molecule has 1 aliphatic rings. The smallest absolute Gasteiger partial charge is 0.240 e. The van der Waals surface area contributed by atoms with Gasteiger partial charge in [0.2, 0.25) is 16.0 Å². The van der Waals surface area contributed by atoms with Crippen molar-refractivity contribution in [3.05, 3.63) is 71.7 Å². The Kier molecular flexibility index (Phi) is 6.48. The first-order valence-electron chi connectivity index (χ1n) is 11.2. The van der Waals surface area contributed by atoms with E-state index in [1.807, 2.05) is 35.0 Å². The molecule has 0 unspecified atom stereocenters. The van der Waals surface area contributed by atoms with Crippen molar-refractivity contribution in [2.45, 2.75) is 18.2 Å². The third-order valence-corrected chi connectivity index (χ3v) is 8.03. The Labute approximate surface area is 211 Å². The molecule has 186 valence electrons. The minimum Gasteiger partial charge on any atom is -0.512 e. The van der Waals surface area contributed by atoms with Crippen LogP contribution in [0.4, 0.5) is 5.95 Å². The van der Waals surface area contributed by atoms with Crippen LogP contribution >= 0.6 is 11.3 Å². The van der Waals surface area contributed by atoms with Crippen LogP contribution < -0.4 is 10.0 Å². The van der Waals surface area contributed by atoms with Gasteiger partial charge in [-0.15, -0.1) is 11.3 Å². The van der Waals surface area contributed by atoms with Gasteiger partial charge < -0.3 is 15.5 Å². The quantitative estimate of drug-likeness (QED) is 0.255. The van der Waals surface area contributed by atoms with Crippen molar-refractivity contribution in [1.82, 2.24) is 24.1 Å². The molecule has 12 heteroatoms. The number of rotatable bonds is 8. The number of allylic oxidation sites excluding steroid dienone is 4. The first-order valence-corrected chi connectivity index (χ1v) is 13.6. The van der Waals surface area contributed by atoms with Crippen LogP contribution in [0.2, 0.25) is 0 Å². The van der Waals surface area contributed by atoms with E-state index >= 15 is 0 Å². The third kappa shape index (κ3) is 4.83. The molecular formula is C24H24N6O4S2. The van der Waals surface area contributed by atoms with E-state index in [1.165, 1.54) is 35.6 Å². The summed E-state index contributed by atoms with van der Waals surface area (Å²) in [6.07, 6.45) is 7.86. The molecule has 0 amide bonds. The molecule has 10 nitrogen and oxygen atoms in total. The van der Waals surface area contributed by atoms with E-state index in [2.05, 4.69) is 20.0 Å². The van der Waals surface area contributed by atoms with E-state index < -0.39 is 10.0 Å². The van der Waals surface area contributed by atoms with E-state index in [4.69, 9.17) is 4.98 Å². The monoisotopic (exact) mass is 524 g/mol. The van der Waals surface area contributed by atoms with E-state index in [-0.39, 0.29) is 29.7 Å². The summed E-state index contributed by atoms with van der Waals surface area (Å²) in [6, 6.07) is 7.13. The second kappa shape index (κ2) is 9.72. The molecule has 0 radical (unpaired) electrons. The number of hydrogen-bond donors (Lipinski definition) is 4. The number of nitrogens with zero attached hydrogens (tertiary/aromatic N) is 4. The minimum absolute atomic E-state index is 0.00220. The number of phenolic OH excluding ortho intramolecular Hbond substituents is 1. The summed E-state index contributed by atoms with van der Waals surface area (Å²) in [5.74, 6) is 0.718. The molecule has 3 aromatic heterocycles.